The molecule has 0 amide bonds. The lowest BCUT2D eigenvalue weighted by Crippen LogP contribution is -2.41. The zero-order chi connectivity index (χ0) is 9.15. The molecule has 1 saturated heterocycles. The van der Waals surface area contributed by atoms with Crippen molar-refractivity contribution in [3.63, 3.8) is 0 Å². The molecule has 0 aromatic heterocycles. The van der Waals surface area contributed by atoms with E-state index in [2.05, 4.69) is 12.4 Å². The van der Waals surface area contributed by atoms with Gasteiger partial charge < -0.3 is 10.1 Å². The molecule has 76 valence electrons. The van der Waals surface area contributed by atoms with Gasteiger partial charge in [-0.2, -0.15) is 0 Å². The fourth-order valence-corrected chi connectivity index (χ4v) is 2.79. The summed E-state index contributed by atoms with van der Waals surface area (Å²) >= 11 is 0. The van der Waals surface area contributed by atoms with Gasteiger partial charge in [-0.1, -0.05) is 6.42 Å². The molecule has 1 heterocycles. The lowest BCUT2D eigenvalue weighted by molar-refractivity contribution is 0.0230. The Bertz CT molecular complexity index is 159. The lowest BCUT2D eigenvalue weighted by Gasteiger charge is -2.43. The molecule has 0 spiro atoms. The van der Waals surface area contributed by atoms with Crippen molar-refractivity contribution >= 4 is 0 Å². The second kappa shape index (κ2) is 3.97. The Morgan fingerprint density at radius 3 is 2.69 bits per heavy atom. The first-order valence-electron chi connectivity index (χ1n) is 5.61. The van der Waals surface area contributed by atoms with Crippen molar-refractivity contribution < 1.29 is 4.74 Å². The van der Waals surface area contributed by atoms with Gasteiger partial charge in [0, 0.05) is 13.2 Å². The molecule has 1 aliphatic heterocycles. The zero-order valence-corrected chi connectivity index (χ0v) is 8.64. The van der Waals surface area contributed by atoms with Crippen LogP contribution in [0.25, 0.3) is 0 Å². The summed E-state index contributed by atoms with van der Waals surface area (Å²) in [5.74, 6) is 0. The summed E-state index contributed by atoms with van der Waals surface area (Å²) in [6.45, 7) is 2.19. The Labute approximate surface area is 81.0 Å². The van der Waals surface area contributed by atoms with Gasteiger partial charge in [0.15, 0.2) is 0 Å². The van der Waals surface area contributed by atoms with Crippen molar-refractivity contribution in [2.45, 2.75) is 44.6 Å². The zero-order valence-electron chi connectivity index (χ0n) is 8.64. The van der Waals surface area contributed by atoms with Crippen LogP contribution in [0.2, 0.25) is 0 Å². The first-order chi connectivity index (χ1) is 6.35. The van der Waals surface area contributed by atoms with Crippen LogP contribution in [0, 0.1) is 5.41 Å². The molecule has 2 nitrogen and oxygen atoms in total. The maximum Gasteiger partial charge on any atom is 0.0581 e. The van der Waals surface area contributed by atoms with E-state index in [-0.39, 0.29) is 0 Å². The number of hydrogen-bond acceptors (Lipinski definition) is 2. The van der Waals surface area contributed by atoms with Crippen LogP contribution in [0.4, 0.5) is 0 Å². The summed E-state index contributed by atoms with van der Waals surface area (Å²) in [4.78, 5) is 0. The third kappa shape index (κ3) is 2.05. The van der Waals surface area contributed by atoms with E-state index in [0.29, 0.717) is 11.5 Å². The number of hydrogen-bond donors (Lipinski definition) is 1. The summed E-state index contributed by atoms with van der Waals surface area (Å²) in [5.41, 5.74) is 0.601. The van der Waals surface area contributed by atoms with Crippen LogP contribution in [0.5, 0.6) is 0 Å². The van der Waals surface area contributed by atoms with Gasteiger partial charge in [-0.25, -0.2) is 0 Å². The van der Waals surface area contributed by atoms with Gasteiger partial charge >= 0.3 is 0 Å². The first-order valence-corrected chi connectivity index (χ1v) is 5.61. The third-order valence-corrected chi connectivity index (χ3v) is 3.65. The average molecular weight is 183 g/mol. The molecule has 2 aliphatic rings. The van der Waals surface area contributed by atoms with E-state index >= 15 is 0 Å². The van der Waals surface area contributed by atoms with E-state index < -0.39 is 0 Å². The van der Waals surface area contributed by atoms with E-state index in [9.17, 15) is 0 Å². The monoisotopic (exact) mass is 183 g/mol. The van der Waals surface area contributed by atoms with Gasteiger partial charge in [-0.05, 0) is 44.6 Å². The minimum atomic E-state index is 0.577. The van der Waals surface area contributed by atoms with Gasteiger partial charge in [-0.3, -0.25) is 0 Å². The molecule has 1 N–H and O–H groups in total. The molecule has 0 bridgehead atoms. The van der Waals surface area contributed by atoms with E-state index in [1.54, 1.807) is 0 Å². The van der Waals surface area contributed by atoms with Gasteiger partial charge in [0.2, 0.25) is 0 Å². The average Bonchev–Trinajstić information content (AvgIpc) is 2.53. The Morgan fingerprint density at radius 1 is 1.38 bits per heavy atom. The highest BCUT2D eigenvalue weighted by atomic mass is 16.5. The molecule has 1 aliphatic carbocycles. The molecule has 2 heteroatoms. The summed E-state index contributed by atoms with van der Waals surface area (Å²) < 4.78 is 5.70. The molecule has 2 fully saturated rings. The Balaban J connectivity index is 1.82. The van der Waals surface area contributed by atoms with Crippen molar-refractivity contribution in [3.05, 3.63) is 0 Å². The van der Waals surface area contributed by atoms with Gasteiger partial charge in [0.05, 0.1) is 6.10 Å². The highest BCUT2D eigenvalue weighted by molar-refractivity contribution is 4.91. The molecule has 0 aromatic rings. The van der Waals surface area contributed by atoms with Crippen LogP contribution in [-0.2, 0) is 4.74 Å². The fourth-order valence-electron chi connectivity index (χ4n) is 2.79. The minimum absolute atomic E-state index is 0.577. The van der Waals surface area contributed by atoms with Gasteiger partial charge in [-0.15, -0.1) is 0 Å². The smallest absolute Gasteiger partial charge is 0.0581 e. The van der Waals surface area contributed by atoms with Crippen molar-refractivity contribution in [2.24, 2.45) is 5.41 Å². The molecule has 13 heavy (non-hydrogen) atoms. The van der Waals surface area contributed by atoms with Crippen molar-refractivity contribution in [3.8, 4) is 0 Å². The predicted molar refractivity (Wildman–Crippen MR) is 53.8 cm³/mol. The van der Waals surface area contributed by atoms with E-state index in [1.165, 1.54) is 45.1 Å². The molecular weight excluding hydrogens is 162 g/mol. The predicted octanol–water partition coefficient (Wildman–Crippen LogP) is 1.95. The molecular formula is C11H21NO. The standard InChI is InChI=1S/C11H21NO/c1-12-9-11(5-3-6-11)8-10-4-2-7-13-10/h10,12H,2-9H2,1H3. The number of ether oxygens (including phenoxy) is 1. The highest BCUT2D eigenvalue weighted by Crippen LogP contribution is 2.45. The second-order valence-electron chi connectivity index (χ2n) is 4.72. The fraction of sp³-hybridized carbons (Fsp3) is 1.00. The van der Waals surface area contributed by atoms with Crippen molar-refractivity contribution in [1.82, 2.24) is 5.32 Å². The quantitative estimate of drug-likeness (QED) is 0.719. The Hall–Kier alpha value is -0.0800. The second-order valence-corrected chi connectivity index (χ2v) is 4.72. The van der Waals surface area contributed by atoms with Gasteiger partial charge in [0.25, 0.3) is 0 Å². The molecule has 2 rings (SSSR count). The first kappa shape index (κ1) is 9.47. The summed E-state index contributed by atoms with van der Waals surface area (Å²) in [6, 6.07) is 0. The number of nitrogens with one attached hydrogen (secondary N) is 1. The Kier molecular flexibility index (Phi) is 2.89. The maximum atomic E-state index is 5.70. The van der Waals surface area contributed by atoms with Crippen LogP contribution in [0.15, 0.2) is 0 Å². The van der Waals surface area contributed by atoms with E-state index in [4.69, 9.17) is 4.74 Å². The van der Waals surface area contributed by atoms with Crippen LogP contribution < -0.4 is 5.32 Å². The molecule has 0 aromatic carbocycles. The third-order valence-electron chi connectivity index (χ3n) is 3.65. The van der Waals surface area contributed by atoms with Crippen LogP contribution >= 0.6 is 0 Å². The molecule has 0 radical (unpaired) electrons. The summed E-state index contributed by atoms with van der Waals surface area (Å²) in [5, 5.41) is 3.33. The van der Waals surface area contributed by atoms with Gasteiger partial charge in [0.1, 0.15) is 0 Å². The lowest BCUT2D eigenvalue weighted by atomic mass is 9.65. The summed E-state index contributed by atoms with van der Waals surface area (Å²) in [6.07, 6.45) is 8.70. The van der Waals surface area contributed by atoms with E-state index in [1.807, 2.05) is 0 Å². The molecule has 1 atom stereocenters. The maximum absolute atomic E-state index is 5.70. The van der Waals surface area contributed by atoms with Crippen molar-refractivity contribution in [1.29, 1.82) is 0 Å². The van der Waals surface area contributed by atoms with Crippen LogP contribution in [0.3, 0.4) is 0 Å². The topological polar surface area (TPSA) is 21.3 Å². The Morgan fingerprint density at radius 2 is 2.23 bits per heavy atom. The normalized spacial score (nSPS) is 31.6. The minimum Gasteiger partial charge on any atom is -0.378 e. The van der Waals surface area contributed by atoms with Crippen LogP contribution in [0.1, 0.15) is 38.5 Å². The van der Waals surface area contributed by atoms with Crippen LogP contribution in [-0.4, -0.2) is 26.3 Å². The molecule has 1 unspecified atom stereocenters. The molecule has 1 saturated carbocycles. The van der Waals surface area contributed by atoms with Crippen molar-refractivity contribution in [2.75, 3.05) is 20.2 Å². The highest BCUT2D eigenvalue weighted by Gasteiger charge is 2.39. The summed E-state index contributed by atoms with van der Waals surface area (Å²) in [7, 11) is 2.07. The van der Waals surface area contributed by atoms with E-state index in [0.717, 1.165) is 6.61 Å². The number of rotatable bonds is 4. The SMILES string of the molecule is CNCC1(CC2CCCO2)CCC1. The largest absolute Gasteiger partial charge is 0.378 e.